The van der Waals surface area contributed by atoms with Crippen molar-refractivity contribution in [1.29, 1.82) is 0 Å². The Morgan fingerprint density at radius 2 is 1.70 bits per heavy atom. The zero-order valence-electron chi connectivity index (χ0n) is 12.2. The van der Waals surface area contributed by atoms with Crippen LogP contribution >= 0.6 is 0 Å². The lowest BCUT2D eigenvalue weighted by molar-refractivity contribution is -0.162. The average molecular weight is 282 g/mol. The van der Waals surface area contributed by atoms with Gasteiger partial charge in [-0.25, -0.2) is 0 Å². The van der Waals surface area contributed by atoms with Gasteiger partial charge in [0.05, 0.1) is 20.3 Å². The van der Waals surface area contributed by atoms with Gasteiger partial charge in [-0.1, -0.05) is 6.92 Å². The van der Waals surface area contributed by atoms with Gasteiger partial charge in [-0.15, -0.1) is 0 Å². The van der Waals surface area contributed by atoms with Gasteiger partial charge in [-0.2, -0.15) is 0 Å². The van der Waals surface area contributed by atoms with Crippen molar-refractivity contribution in [2.75, 3.05) is 20.8 Å². The molecule has 0 aromatic heterocycles. The Hall–Kier alpha value is -1.46. The van der Waals surface area contributed by atoms with E-state index in [-0.39, 0.29) is 12.2 Å². The van der Waals surface area contributed by atoms with Crippen LogP contribution in [-0.4, -0.2) is 44.2 Å². The molecular weight excluding hydrogens is 260 g/mol. The van der Waals surface area contributed by atoms with Crippen molar-refractivity contribution < 1.29 is 24.1 Å². The number of benzene rings is 1. The summed E-state index contributed by atoms with van der Waals surface area (Å²) in [5, 5.41) is 9.73. The number of rotatable bonds is 7. The van der Waals surface area contributed by atoms with E-state index < -0.39 is 6.10 Å². The van der Waals surface area contributed by atoms with Crippen LogP contribution in [0.3, 0.4) is 0 Å². The Morgan fingerprint density at radius 3 is 2.20 bits per heavy atom. The van der Waals surface area contributed by atoms with Crippen LogP contribution in [0, 0.1) is 0 Å². The van der Waals surface area contributed by atoms with E-state index in [4.69, 9.17) is 18.9 Å². The highest BCUT2D eigenvalue weighted by atomic mass is 16.6. The SMILES string of the molecule is CCCOC1C(O)CC1Oc1cc(OC)cc(OC)c1. The molecule has 5 nitrogen and oxygen atoms in total. The quantitative estimate of drug-likeness (QED) is 0.829. The van der Waals surface area contributed by atoms with E-state index in [2.05, 4.69) is 0 Å². The van der Waals surface area contributed by atoms with Crippen LogP contribution < -0.4 is 14.2 Å². The molecule has 20 heavy (non-hydrogen) atoms. The van der Waals surface area contributed by atoms with Crippen molar-refractivity contribution in [2.24, 2.45) is 0 Å². The second-order valence-corrected chi connectivity index (χ2v) is 4.84. The third-order valence-electron chi connectivity index (χ3n) is 3.35. The summed E-state index contributed by atoms with van der Waals surface area (Å²) in [5.41, 5.74) is 0. The molecule has 1 aliphatic carbocycles. The second kappa shape index (κ2) is 6.81. The molecule has 1 fully saturated rings. The largest absolute Gasteiger partial charge is 0.496 e. The highest BCUT2D eigenvalue weighted by molar-refractivity contribution is 5.42. The van der Waals surface area contributed by atoms with Gasteiger partial charge >= 0.3 is 0 Å². The van der Waals surface area contributed by atoms with Crippen LogP contribution in [0.4, 0.5) is 0 Å². The third kappa shape index (κ3) is 3.35. The Labute approximate surface area is 119 Å². The fourth-order valence-electron chi connectivity index (χ4n) is 2.17. The maximum atomic E-state index is 9.73. The minimum atomic E-state index is -0.445. The Morgan fingerprint density at radius 1 is 1.10 bits per heavy atom. The average Bonchev–Trinajstić information content (AvgIpc) is 2.46. The van der Waals surface area contributed by atoms with Crippen LogP contribution in [0.5, 0.6) is 17.2 Å². The summed E-state index contributed by atoms with van der Waals surface area (Å²) in [6.45, 7) is 2.66. The maximum absolute atomic E-state index is 9.73. The van der Waals surface area contributed by atoms with Crippen molar-refractivity contribution in [1.82, 2.24) is 0 Å². The first-order valence-electron chi connectivity index (χ1n) is 6.87. The molecule has 1 aromatic carbocycles. The van der Waals surface area contributed by atoms with Crippen molar-refractivity contribution in [3.63, 3.8) is 0 Å². The van der Waals surface area contributed by atoms with Crippen molar-refractivity contribution >= 4 is 0 Å². The maximum Gasteiger partial charge on any atom is 0.130 e. The summed E-state index contributed by atoms with van der Waals surface area (Å²) >= 11 is 0. The van der Waals surface area contributed by atoms with Crippen LogP contribution in [0.2, 0.25) is 0 Å². The summed E-state index contributed by atoms with van der Waals surface area (Å²) in [5.74, 6) is 2.00. The van der Waals surface area contributed by atoms with Gasteiger partial charge in [-0.05, 0) is 6.42 Å². The number of aliphatic hydroxyl groups excluding tert-OH is 1. The minimum absolute atomic E-state index is 0.131. The minimum Gasteiger partial charge on any atom is -0.496 e. The fourth-order valence-corrected chi connectivity index (χ4v) is 2.17. The normalized spacial score (nSPS) is 24.9. The molecular formula is C15H22O5. The molecule has 0 spiro atoms. The molecule has 5 heteroatoms. The molecule has 1 saturated carbocycles. The van der Waals surface area contributed by atoms with Gasteiger partial charge in [0.25, 0.3) is 0 Å². The van der Waals surface area contributed by atoms with Crippen LogP contribution in [0.25, 0.3) is 0 Å². The van der Waals surface area contributed by atoms with Crippen LogP contribution in [0.1, 0.15) is 19.8 Å². The van der Waals surface area contributed by atoms with Gasteiger partial charge in [0.1, 0.15) is 29.5 Å². The number of ether oxygens (including phenoxy) is 4. The molecule has 2 rings (SSSR count). The van der Waals surface area contributed by atoms with Gasteiger partial charge in [0.15, 0.2) is 0 Å². The monoisotopic (exact) mass is 282 g/mol. The Bertz CT molecular complexity index is 412. The molecule has 1 aliphatic rings. The van der Waals surface area contributed by atoms with Gasteiger partial charge in [-0.3, -0.25) is 0 Å². The predicted molar refractivity (Wildman–Crippen MR) is 74.6 cm³/mol. The van der Waals surface area contributed by atoms with E-state index >= 15 is 0 Å². The molecule has 3 unspecified atom stereocenters. The summed E-state index contributed by atoms with van der Waals surface area (Å²) in [4.78, 5) is 0. The lowest BCUT2D eigenvalue weighted by Crippen LogP contribution is -2.55. The molecule has 1 N–H and O–H groups in total. The zero-order valence-corrected chi connectivity index (χ0v) is 12.2. The highest BCUT2D eigenvalue weighted by Gasteiger charge is 2.42. The van der Waals surface area contributed by atoms with E-state index in [1.807, 2.05) is 6.92 Å². The summed E-state index contributed by atoms with van der Waals surface area (Å²) in [7, 11) is 3.19. The number of hydrogen-bond donors (Lipinski definition) is 1. The van der Waals surface area contributed by atoms with Crippen molar-refractivity contribution in [3.8, 4) is 17.2 Å². The first-order chi connectivity index (χ1) is 9.67. The molecule has 0 amide bonds. The van der Waals surface area contributed by atoms with E-state index in [0.717, 1.165) is 6.42 Å². The lowest BCUT2D eigenvalue weighted by atomic mass is 9.88. The molecule has 0 radical (unpaired) electrons. The molecule has 0 heterocycles. The standard InChI is InChI=1S/C15H22O5/c1-4-5-19-15-13(16)9-14(15)20-12-7-10(17-2)6-11(8-12)18-3/h6-8,13-16H,4-5,9H2,1-3H3. The van der Waals surface area contributed by atoms with Gasteiger partial charge in [0.2, 0.25) is 0 Å². The molecule has 112 valence electrons. The molecule has 0 bridgehead atoms. The smallest absolute Gasteiger partial charge is 0.130 e. The highest BCUT2D eigenvalue weighted by Crippen LogP contribution is 2.33. The summed E-state index contributed by atoms with van der Waals surface area (Å²) in [6.07, 6.45) is 0.663. The molecule has 0 aliphatic heterocycles. The van der Waals surface area contributed by atoms with E-state index in [0.29, 0.717) is 30.3 Å². The van der Waals surface area contributed by atoms with E-state index in [1.54, 1.807) is 32.4 Å². The Kier molecular flexibility index (Phi) is 5.09. The predicted octanol–water partition coefficient (Wildman–Crippen LogP) is 2.01. The Balaban J connectivity index is 2.02. The van der Waals surface area contributed by atoms with Crippen molar-refractivity contribution in [2.45, 2.75) is 38.1 Å². The lowest BCUT2D eigenvalue weighted by Gasteiger charge is -2.40. The molecule has 1 aromatic rings. The molecule has 3 atom stereocenters. The van der Waals surface area contributed by atoms with Crippen LogP contribution in [-0.2, 0) is 4.74 Å². The van der Waals surface area contributed by atoms with Gasteiger partial charge < -0.3 is 24.1 Å². The fraction of sp³-hybridized carbons (Fsp3) is 0.600. The summed E-state index contributed by atoms with van der Waals surface area (Å²) < 4.78 is 21.9. The topological polar surface area (TPSA) is 57.2 Å². The van der Waals surface area contributed by atoms with Crippen LogP contribution in [0.15, 0.2) is 18.2 Å². The first-order valence-corrected chi connectivity index (χ1v) is 6.87. The number of methoxy groups -OCH3 is 2. The van der Waals surface area contributed by atoms with E-state index in [1.165, 1.54) is 0 Å². The van der Waals surface area contributed by atoms with Gasteiger partial charge in [0, 0.05) is 31.2 Å². The van der Waals surface area contributed by atoms with E-state index in [9.17, 15) is 5.11 Å². The first kappa shape index (κ1) is 14.9. The number of hydrogen-bond acceptors (Lipinski definition) is 5. The zero-order chi connectivity index (χ0) is 14.5. The molecule has 0 saturated heterocycles. The third-order valence-corrected chi connectivity index (χ3v) is 3.35. The summed E-state index contributed by atoms with van der Waals surface area (Å²) in [6, 6.07) is 5.38. The second-order valence-electron chi connectivity index (χ2n) is 4.84. The number of aliphatic hydroxyl groups is 1. The van der Waals surface area contributed by atoms with Crippen molar-refractivity contribution in [3.05, 3.63) is 18.2 Å².